The summed E-state index contributed by atoms with van der Waals surface area (Å²) in [6.07, 6.45) is 2.47. The highest BCUT2D eigenvalue weighted by Crippen LogP contribution is 2.48. The van der Waals surface area contributed by atoms with Gasteiger partial charge in [0.1, 0.15) is 0 Å². The van der Waals surface area contributed by atoms with Gasteiger partial charge in [-0.1, -0.05) is 6.07 Å². The van der Waals surface area contributed by atoms with Crippen LogP contribution in [0.1, 0.15) is 23.6 Å². The van der Waals surface area contributed by atoms with E-state index in [0.29, 0.717) is 32.6 Å². The number of anilines is 2. The lowest BCUT2D eigenvalue weighted by molar-refractivity contribution is -0.138. The van der Waals surface area contributed by atoms with E-state index in [1.165, 1.54) is 10.6 Å². The van der Waals surface area contributed by atoms with E-state index in [1.807, 2.05) is 16.7 Å². The molecule has 4 aliphatic rings. The van der Waals surface area contributed by atoms with Gasteiger partial charge in [0.05, 0.1) is 17.9 Å². The summed E-state index contributed by atoms with van der Waals surface area (Å²) < 4.78 is 27.2. The number of sulfonamides is 1. The number of hydrogen-bond acceptors (Lipinski definition) is 8. The molecule has 2 saturated heterocycles. The third-order valence-electron chi connectivity index (χ3n) is 8.55. The average molecular weight is 529 g/mol. The van der Waals surface area contributed by atoms with E-state index in [2.05, 4.69) is 4.90 Å². The average Bonchev–Trinajstić information content (AvgIpc) is 2.87. The molecule has 2 bridgehead atoms. The second-order valence-corrected chi connectivity index (χ2v) is 12.6. The zero-order valence-corrected chi connectivity index (χ0v) is 21.4. The van der Waals surface area contributed by atoms with Crippen LogP contribution in [0.3, 0.4) is 0 Å². The van der Waals surface area contributed by atoms with Crippen molar-refractivity contribution in [3.8, 4) is 0 Å². The van der Waals surface area contributed by atoms with E-state index < -0.39 is 15.9 Å². The van der Waals surface area contributed by atoms with Gasteiger partial charge in [-0.2, -0.15) is 4.31 Å². The molecule has 1 aromatic heterocycles. The van der Waals surface area contributed by atoms with E-state index in [1.54, 1.807) is 29.2 Å². The summed E-state index contributed by atoms with van der Waals surface area (Å²) in [6, 6.07) is 10.3. The minimum atomic E-state index is -3.32. The fourth-order valence-electron chi connectivity index (χ4n) is 6.92. The minimum absolute atomic E-state index is 0.0280. The van der Waals surface area contributed by atoms with Crippen molar-refractivity contribution in [2.45, 2.75) is 31.3 Å². The number of carbonyl (C=O) groups excluding carboxylic acids is 1. The lowest BCUT2D eigenvalue weighted by Crippen LogP contribution is -2.62. The van der Waals surface area contributed by atoms with Crippen LogP contribution < -0.4 is 15.7 Å². The van der Waals surface area contributed by atoms with Gasteiger partial charge < -0.3 is 24.8 Å². The number of amides is 1. The molecule has 6 rings (SSSR count). The Bertz CT molecular complexity index is 1400. The number of hydrogen-bond donors (Lipinski definition) is 1. The quantitative estimate of drug-likeness (QED) is 0.580. The molecule has 11 nitrogen and oxygen atoms in total. The number of fused-ring (bicyclic) bond motifs is 8. The molecule has 0 aliphatic carbocycles. The topological polar surface area (TPSA) is 129 Å². The first kappa shape index (κ1) is 24.4. The third-order valence-corrected chi connectivity index (χ3v) is 9.85. The maximum atomic E-state index is 14.0. The smallest absolute Gasteiger partial charge is 0.250 e. The molecule has 4 unspecified atom stereocenters. The summed E-state index contributed by atoms with van der Waals surface area (Å²) >= 11 is 0. The zero-order valence-electron chi connectivity index (χ0n) is 20.6. The SMILES string of the molecule is CS(=O)(=O)N1CCN(C(=O)C2Cc3cc(N([O-])O)ccc3N3CC4CC(Cn5c4cccc5=O)C23)CC1. The Hall–Kier alpha value is -2.93. The molecule has 1 aromatic carbocycles. The van der Waals surface area contributed by atoms with Gasteiger partial charge in [0, 0.05) is 68.7 Å². The summed E-state index contributed by atoms with van der Waals surface area (Å²) in [6.45, 7) is 2.34. The van der Waals surface area contributed by atoms with Crippen LogP contribution >= 0.6 is 0 Å². The second-order valence-electron chi connectivity index (χ2n) is 10.6. The lowest BCUT2D eigenvalue weighted by Gasteiger charge is -2.55. The Kier molecular flexibility index (Phi) is 5.82. The molecule has 0 radical (unpaired) electrons. The molecule has 12 heteroatoms. The summed E-state index contributed by atoms with van der Waals surface area (Å²) in [5.74, 6) is -0.234. The van der Waals surface area contributed by atoms with Gasteiger partial charge in [-0.05, 0) is 48.6 Å². The maximum Gasteiger partial charge on any atom is 0.250 e. The fourth-order valence-corrected chi connectivity index (χ4v) is 7.74. The summed E-state index contributed by atoms with van der Waals surface area (Å²) in [5.41, 5.74) is 2.86. The van der Waals surface area contributed by atoms with Gasteiger partial charge in [0.2, 0.25) is 15.9 Å². The summed E-state index contributed by atoms with van der Waals surface area (Å²) in [5, 5.41) is 20.9. The van der Waals surface area contributed by atoms with Gasteiger partial charge in [-0.25, -0.2) is 8.42 Å². The van der Waals surface area contributed by atoms with Crippen molar-refractivity contribution >= 4 is 27.3 Å². The minimum Gasteiger partial charge on any atom is -0.733 e. The van der Waals surface area contributed by atoms with Crippen LogP contribution in [-0.4, -0.2) is 78.3 Å². The number of nitrogens with zero attached hydrogens (tertiary/aromatic N) is 5. The predicted molar refractivity (Wildman–Crippen MR) is 137 cm³/mol. The fraction of sp³-hybridized carbons (Fsp3) is 0.520. The highest BCUT2D eigenvalue weighted by molar-refractivity contribution is 7.88. The van der Waals surface area contributed by atoms with Gasteiger partial charge in [0.15, 0.2) is 0 Å². The van der Waals surface area contributed by atoms with Crippen molar-refractivity contribution in [1.82, 2.24) is 13.8 Å². The zero-order chi connectivity index (χ0) is 26.1. The highest BCUT2D eigenvalue weighted by atomic mass is 32.2. The molecule has 2 fully saturated rings. The van der Waals surface area contributed by atoms with Crippen molar-refractivity contribution in [3.63, 3.8) is 0 Å². The van der Waals surface area contributed by atoms with E-state index in [4.69, 9.17) is 0 Å². The van der Waals surface area contributed by atoms with Gasteiger partial charge in [0.25, 0.3) is 5.56 Å². The number of carbonyl (C=O) groups is 1. The van der Waals surface area contributed by atoms with Crippen molar-refractivity contribution in [3.05, 3.63) is 63.2 Å². The predicted octanol–water partition coefficient (Wildman–Crippen LogP) is 0.810. The maximum absolute atomic E-state index is 14.0. The molecule has 0 spiro atoms. The first-order valence-corrected chi connectivity index (χ1v) is 14.5. The van der Waals surface area contributed by atoms with Gasteiger partial charge >= 0.3 is 0 Å². The van der Waals surface area contributed by atoms with Gasteiger partial charge in [-0.15, -0.1) is 0 Å². The normalized spacial score (nSPS) is 27.2. The van der Waals surface area contributed by atoms with Crippen LogP contribution in [-0.2, 0) is 27.8 Å². The molecule has 4 aliphatic heterocycles. The monoisotopic (exact) mass is 528 g/mol. The van der Waals surface area contributed by atoms with Crippen molar-refractivity contribution in [1.29, 1.82) is 0 Å². The first-order chi connectivity index (χ1) is 17.6. The van der Waals surface area contributed by atoms with Crippen LogP contribution in [0.4, 0.5) is 11.4 Å². The van der Waals surface area contributed by atoms with E-state index >= 15 is 0 Å². The first-order valence-electron chi connectivity index (χ1n) is 12.6. The van der Waals surface area contributed by atoms with Crippen molar-refractivity contribution < 1.29 is 18.4 Å². The molecule has 1 N–H and O–H groups in total. The molecule has 37 heavy (non-hydrogen) atoms. The number of piperidine rings is 1. The Morgan fingerprint density at radius 1 is 1.11 bits per heavy atom. The molecule has 5 heterocycles. The molecule has 2 aromatic rings. The Morgan fingerprint density at radius 2 is 1.86 bits per heavy atom. The summed E-state index contributed by atoms with van der Waals surface area (Å²) in [4.78, 5) is 30.7. The number of pyridine rings is 1. The van der Waals surface area contributed by atoms with Crippen LogP contribution in [0.5, 0.6) is 0 Å². The number of rotatable bonds is 3. The largest absolute Gasteiger partial charge is 0.733 e. The summed E-state index contributed by atoms with van der Waals surface area (Å²) in [7, 11) is -3.32. The molecule has 4 atom stereocenters. The lowest BCUT2D eigenvalue weighted by atomic mass is 9.69. The Morgan fingerprint density at radius 3 is 2.57 bits per heavy atom. The van der Waals surface area contributed by atoms with Gasteiger partial charge in [-0.3, -0.25) is 14.8 Å². The molecule has 1 amide bonds. The molecule has 198 valence electrons. The van der Waals surface area contributed by atoms with E-state index in [0.717, 1.165) is 23.4 Å². The Balaban J connectivity index is 1.37. The second kappa shape index (κ2) is 8.83. The van der Waals surface area contributed by atoms with E-state index in [-0.39, 0.29) is 53.3 Å². The van der Waals surface area contributed by atoms with Crippen LogP contribution in [0.25, 0.3) is 0 Å². The number of benzene rings is 1. The Labute approximate surface area is 215 Å². The highest BCUT2D eigenvalue weighted by Gasteiger charge is 2.50. The standard InChI is InChI=1S/C25H30N5O6S/c1-37(35,36)27-9-7-26(8-10-27)25(32)20-13-16-12-19(30(33)34)5-6-22(16)29-14-17-11-18(24(20)29)15-28-21(17)3-2-4-23(28)31/h2-6,12,17-18,20,24,33H,7-11,13-15H2,1H3/q-1. The van der Waals surface area contributed by atoms with Crippen molar-refractivity contribution in [2.24, 2.45) is 11.8 Å². The molecular weight excluding hydrogens is 498 g/mol. The van der Waals surface area contributed by atoms with Crippen LogP contribution in [0.2, 0.25) is 0 Å². The number of aromatic nitrogens is 1. The van der Waals surface area contributed by atoms with Crippen molar-refractivity contribution in [2.75, 3.05) is 49.1 Å². The van der Waals surface area contributed by atoms with Crippen LogP contribution in [0, 0.1) is 17.0 Å². The molecule has 0 saturated carbocycles. The third kappa shape index (κ3) is 4.12. The van der Waals surface area contributed by atoms with Crippen LogP contribution in [0.15, 0.2) is 41.2 Å². The number of piperazine rings is 1. The molecular formula is C25H30N5O6S-. The van der Waals surface area contributed by atoms with E-state index in [9.17, 15) is 28.4 Å².